The van der Waals surface area contributed by atoms with Crippen molar-refractivity contribution in [2.75, 3.05) is 6.54 Å². The lowest BCUT2D eigenvalue weighted by molar-refractivity contribution is -0.170. The normalized spacial score (nSPS) is 20.3. The number of hydrogen-bond donors (Lipinski definition) is 2. The van der Waals surface area contributed by atoms with Crippen molar-refractivity contribution in [3.8, 4) is 5.75 Å². The van der Waals surface area contributed by atoms with Crippen LogP contribution in [0.5, 0.6) is 5.75 Å². The summed E-state index contributed by atoms with van der Waals surface area (Å²) in [5.74, 6) is -0.189. The number of phenols is 1. The maximum atomic E-state index is 14.1. The van der Waals surface area contributed by atoms with Crippen LogP contribution in [0, 0.1) is 0 Å². The van der Waals surface area contributed by atoms with Crippen molar-refractivity contribution in [3.63, 3.8) is 0 Å². The summed E-state index contributed by atoms with van der Waals surface area (Å²) in [6.45, 7) is 2.75. The molecule has 3 heterocycles. The maximum Gasteiger partial charge on any atom is 0.319 e. The molecule has 0 saturated carbocycles. The number of carbonyl (C=O) groups is 3. The standard InChI is InChI=1S/C31H31N5O4S.H2S/c1-20-14-28(38)36-25(15-21-10-12-24(37)13-11-21)30(39)34(17-23-8-5-9-26-29(23)33-19-41-26)18-27(36)35(20)31(40)32-16-22-6-3-2-4-7-22;/h2-13,19-20,25,27,37H,14-18H2,1H3,(H,32,40);1H2/t20-,25+,27-;/m1./s1. The van der Waals surface area contributed by atoms with E-state index in [0.29, 0.717) is 13.1 Å². The van der Waals surface area contributed by atoms with E-state index in [9.17, 15) is 19.5 Å². The van der Waals surface area contributed by atoms with Crippen molar-refractivity contribution in [2.24, 2.45) is 0 Å². The fourth-order valence-electron chi connectivity index (χ4n) is 5.89. The molecule has 0 aliphatic carbocycles. The van der Waals surface area contributed by atoms with Crippen LogP contribution >= 0.6 is 24.8 Å². The van der Waals surface area contributed by atoms with Crippen LogP contribution in [0.3, 0.4) is 0 Å². The van der Waals surface area contributed by atoms with Crippen LogP contribution in [-0.4, -0.2) is 67.4 Å². The van der Waals surface area contributed by atoms with Gasteiger partial charge < -0.3 is 20.2 Å². The van der Waals surface area contributed by atoms with Gasteiger partial charge in [0.2, 0.25) is 11.8 Å². The average molecular weight is 604 g/mol. The first-order valence-corrected chi connectivity index (χ1v) is 14.6. The van der Waals surface area contributed by atoms with E-state index >= 15 is 0 Å². The lowest BCUT2D eigenvalue weighted by Gasteiger charge is -2.54. The predicted molar refractivity (Wildman–Crippen MR) is 166 cm³/mol. The third-order valence-electron chi connectivity index (χ3n) is 7.88. The van der Waals surface area contributed by atoms with E-state index < -0.39 is 12.2 Å². The zero-order valence-corrected chi connectivity index (χ0v) is 25.0. The minimum absolute atomic E-state index is 0. The third-order valence-corrected chi connectivity index (χ3v) is 8.68. The fourth-order valence-corrected chi connectivity index (χ4v) is 6.61. The molecule has 3 atom stereocenters. The molecule has 4 amide bonds. The number of fused-ring (bicyclic) bond motifs is 2. The number of carbonyl (C=O) groups excluding carboxylic acids is 3. The van der Waals surface area contributed by atoms with Crippen LogP contribution < -0.4 is 5.32 Å². The van der Waals surface area contributed by atoms with Gasteiger partial charge in [0.1, 0.15) is 18.0 Å². The summed E-state index contributed by atoms with van der Waals surface area (Å²) in [5, 5.41) is 12.8. The minimum Gasteiger partial charge on any atom is -0.508 e. The number of benzene rings is 3. The highest BCUT2D eigenvalue weighted by molar-refractivity contribution is 7.59. The van der Waals surface area contributed by atoms with Gasteiger partial charge in [0, 0.05) is 32.0 Å². The van der Waals surface area contributed by atoms with Gasteiger partial charge in [0.15, 0.2) is 0 Å². The van der Waals surface area contributed by atoms with E-state index in [-0.39, 0.29) is 62.5 Å². The Balaban J connectivity index is 0.00000353. The number of hydrogen-bond acceptors (Lipinski definition) is 6. The fraction of sp³-hybridized carbons (Fsp3) is 0.290. The summed E-state index contributed by atoms with van der Waals surface area (Å²) in [4.78, 5) is 50.9. The number of thiazole rings is 1. The molecule has 2 fully saturated rings. The summed E-state index contributed by atoms with van der Waals surface area (Å²) < 4.78 is 1.04. The molecule has 1 aromatic heterocycles. The predicted octanol–water partition coefficient (Wildman–Crippen LogP) is 4.23. The van der Waals surface area contributed by atoms with Crippen LogP contribution in [-0.2, 0) is 29.1 Å². The highest BCUT2D eigenvalue weighted by atomic mass is 32.1. The largest absolute Gasteiger partial charge is 0.508 e. The molecule has 42 heavy (non-hydrogen) atoms. The molecule has 2 aliphatic heterocycles. The number of urea groups is 1. The number of rotatable bonds is 6. The first-order valence-electron chi connectivity index (χ1n) is 13.7. The van der Waals surface area contributed by atoms with E-state index in [0.717, 1.165) is 26.9 Å². The van der Waals surface area contributed by atoms with Crippen molar-refractivity contribution in [2.45, 2.75) is 51.1 Å². The van der Waals surface area contributed by atoms with Crippen molar-refractivity contribution >= 4 is 52.9 Å². The van der Waals surface area contributed by atoms with Gasteiger partial charge in [-0.15, -0.1) is 11.3 Å². The van der Waals surface area contributed by atoms with Gasteiger partial charge in [-0.05, 0) is 41.8 Å². The van der Waals surface area contributed by atoms with Gasteiger partial charge in [-0.1, -0.05) is 54.6 Å². The lowest BCUT2D eigenvalue weighted by Crippen LogP contribution is -2.73. The highest BCUT2D eigenvalue weighted by Gasteiger charge is 2.50. The molecule has 0 spiro atoms. The first kappa shape index (κ1) is 29.4. The molecule has 2 aliphatic rings. The maximum absolute atomic E-state index is 14.1. The number of phenolic OH excluding ortho intramolecular Hbond substituents is 1. The molecule has 0 bridgehead atoms. The van der Waals surface area contributed by atoms with Crippen LogP contribution in [0.25, 0.3) is 10.2 Å². The number of amides is 4. The number of nitrogens with zero attached hydrogens (tertiary/aromatic N) is 4. The molecule has 3 aromatic carbocycles. The van der Waals surface area contributed by atoms with E-state index in [4.69, 9.17) is 0 Å². The molecule has 11 heteroatoms. The molecule has 9 nitrogen and oxygen atoms in total. The average Bonchev–Trinajstić information content (AvgIpc) is 3.46. The smallest absolute Gasteiger partial charge is 0.319 e. The van der Waals surface area contributed by atoms with Gasteiger partial charge in [0.05, 0.1) is 22.3 Å². The summed E-state index contributed by atoms with van der Waals surface area (Å²) >= 11 is 1.55. The number of piperazine rings is 1. The van der Waals surface area contributed by atoms with Crippen molar-refractivity contribution < 1.29 is 19.5 Å². The monoisotopic (exact) mass is 603 g/mol. The zero-order valence-electron chi connectivity index (χ0n) is 23.1. The second-order valence-corrected chi connectivity index (χ2v) is 11.5. The van der Waals surface area contributed by atoms with Crippen LogP contribution in [0.1, 0.15) is 30.0 Å². The Morgan fingerprint density at radius 3 is 2.55 bits per heavy atom. The van der Waals surface area contributed by atoms with E-state index in [1.54, 1.807) is 55.8 Å². The van der Waals surface area contributed by atoms with E-state index in [2.05, 4.69) is 10.3 Å². The Morgan fingerprint density at radius 2 is 1.79 bits per heavy atom. The van der Waals surface area contributed by atoms with Gasteiger partial charge in [-0.2, -0.15) is 13.5 Å². The van der Waals surface area contributed by atoms with Crippen molar-refractivity contribution in [1.82, 2.24) is 25.0 Å². The Hall–Kier alpha value is -4.09. The molecule has 4 aromatic rings. The topological polar surface area (TPSA) is 106 Å². The van der Waals surface area contributed by atoms with Gasteiger partial charge in [0.25, 0.3) is 0 Å². The Kier molecular flexibility index (Phi) is 8.69. The second-order valence-electron chi connectivity index (χ2n) is 10.6. The summed E-state index contributed by atoms with van der Waals surface area (Å²) in [7, 11) is 0. The summed E-state index contributed by atoms with van der Waals surface area (Å²) in [6.07, 6.45) is -0.226. The van der Waals surface area contributed by atoms with E-state index in [1.165, 1.54) is 0 Å². The SMILES string of the molecule is C[C@@H]1CC(=O)N2[C@H](CN(Cc3cccc4scnc34)C(=O)[C@@H]2Cc2ccc(O)cc2)N1C(=O)NCc1ccccc1.S. The molecular formula is C31H33N5O4S2. The van der Waals surface area contributed by atoms with Crippen molar-refractivity contribution in [3.05, 3.63) is 95.0 Å². The highest BCUT2D eigenvalue weighted by Crippen LogP contribution is 2.32. The number of para-hydroxylation sites is 1. The molecule has 0 radical (unpaired) electrons. The zero-order chi connectivity index (χ0) is 28.5. The Morgan fingerprint density at radius 1 is 1.02 bits per heavy atom. The number of aromatic hydroxyl groups is 1. The van der Waals surface area contributed by atoms with E-state index in [1.807, 2.05) is 55.5 Å². The quantitative estimate of drug-likeness (QED) is 0.343. The Bertz CT molecular complexity index is 1580. The van der Waals surface area contributed by atoms with Crippen LogP contribution in [0.4, 0.5) is 4.79 Å². The van der Waals surface area contributed by atoms with Gasteiger partial charge >= 0.3 is 6.03 Å². The van der Waals surface area contributed by atoms with Crippen LogP contribution in [0.2, 0.25) is 0 Å². The molecule has 2 N–H and O–H groups in total. The molecular weight excluding hydrogens is 571 g/mol. The van der Waals surface area contributed by atoms with Crippen LogP contribution in [0.15, 0.2) is 78.3 Å². The van der Waals surface area contributed by atoms with Gasteiger partial charge in [-0.3, -0.25) is 14.5 Å². The first-order chi connectivity index (χ1) is 19.9. The lowest BCUT2D eigenvalue weighted by atomic mass is 9.95. The second kappa shape index (κ2) is 12.4. The summed E-state index contributed by atoms with van der Waals surface area (Å²) in [5.41, 5.74) is 5.36. The molecule has 0 unspecified atom stereocenters. The van der Waals surface area contributed by atoms with Gasteiger partial charge in [-0.25, -0.2) is 9.78 Å². The third kappa shape index (κ3) is 5.79. The number of aromatic nitrogens is 1. The summed E-state index contributed by atoms with van der Waals surface area (Å²) in [6, 6.07) is 20.9. The molecule has 2 saturated heterocycles. The number of nitrogens with one attached hydrogen (secondary N) is 1. The molecule has 218 valence electrons. The van der Waals surface area contributed by atoms with Crippen molar-refractivity contribution in [1.29, 1.82) is 0 Å². The molecule has 6 rings (SSSR count). The Labute approximate surface area is 255 Å². The minimum atomic E-state index is -0.794.